The Morgan fingerprint density at radius 3 is 2.42 bits per heavy atom. The summed E-state index contributed by atoms with van der Waals surface area (Å²) in [5, 5.41) is 3.46. The first kappa shape index (κ1) is 14.4. The zero-order valence-corrected chi connectivity index (χ0v) is 12.7. The number of hydrogen-bond donors (Lipinski definition) is 1. The maximum absolute atomic E-state index is 4.58. The molecule has 2 atom stereocenters. The molecular formula is C16H27N3. The van der Waals surface area contributed by atoms with Crippen LogP contribution in [-0.2, 0) is 6.54 Å². The average molecular weight is 261 g/mol. The SMILES string of the molecule is CCC1CCC(c2ncc(CNC(C)(C)C)cn2)C1. The first-order valence-electron chi connectivity index (χ1n) is 7.54. The molecule has 1 aromatic rings. The molecule has 3 heteroatoms. The zero-order chi connectivity index (χ0) is 13.9. The molecule has 1 N–H and O–H groups in total. The van der Waals surface area contributed by atoms with Crippen LogP contribution in [-0.4, -0.2) is 15.5 Å². The average Bonchev–Trinajstić information content (AvgIpc) is 2.85. The maximum Gasteiger partial charge on any atom is 0.131 e. The van der Waals surface area contributed by atoms with Crippen LogP contribution in [0.15, 0.2) is 12.4 Å². The van der Waals surface area contributed by atoms with Gasteiger partial charge in [0.2, 0.25) is 0 Å². The van der Waals surface area contributed by atoms with Crippen molar-refractivity contribution in [1.82, 2.24) is 15.3 Å². The molecule has 0 amide bonds. The van der Waals surface area contributed by atoms with E-state index in [0.717, 1.165) is 18.3 Å². The second kappa shape index (κ2) is 6.00. The maximum atomic E-state index is 4.58. The fraction of sp³-hybridized carbons (Fsp3) is 0.750. The van der Waals surface area contributed by atoms with Gasteiger partial charge in [-0.3, -0.25) is 0 Å². The Hall–Kier alpha value is -0.960. The van der Waals surface area contributed by atoms with Gasteiger partial charge >= 0.3 is 0 Å². The fourth-order valence-electron chi connectivity index (χ4n) is 2.71. The third-order valence-corrected chi connectivity index (χ3v) is 4.03. The van der Waals surface area contributed by atoms with E-state index in [0.29, 0.717) is 5.92 Å². The molecule has 1 saturated carbocycles. The van der Waals surface area contributed by atoms with E-state index in [1.165, 1.54) is 31.2 Å². The first-order chi connectivity index (χ1) is 8.98. The summed E-state index contributed by atoms with van der Waals surface area (Å²) < 4.78 is 0. The molecule has 0 aromatic carbocycles. The van der Waals surface area contributed by atoms with E-state index < -0.39 is 0 Å². The molecule has 1 fully saturated rings. The molecule has 106 valence electrons. The minimum absolute atomic E-state index is 0.137. The van der Waals surface area contributed by atoms with E-state index in [4.69, 9.17) is 0 Å². The highest BCUT2D eigenvalue weighted by molar-refractivity contribution is 5.09. The summed E-state index contributed by atoms with van der Waals surface area (Å²) in [6.07, 6.45) is 9.15. The van der Waals surface area contributed by atoms with Gasteiger partial charge in [0.15, 0.2) is 0 Å². The van der Waals surface area contributed by atoms with Crippen LogP contribution in [0, 0.1) is 5.92 Å². The van der Waals surface area contributed by atoms with Crippen molar-refractivity contribution in [3.8, 4) is 0 Å². The summed E-state index contributed by atoms with van der Waals surface area (Å²) >= 11 is 0. The second-order valence-electron chi connectivity index (χ2n) is 6.84. The number of nitrogens with one attached hydrogen (secondary N) is 1. The van der Waals surface area contributed by atoms with Crippen molar-refractivity contribution in [3.63, 3.8) is 0 Å². The summed E-state index contributed by atoms with van der Waals surface area (Å²) in [5.74, 6) is 2.53. The van der Waals surface area contributed by atoms with E-state index in [2.05, 4.69) is 43.0 Å². The number of nitrogens with zero attached hydrogens (tertiary/aromatic N) is 2. The van der Waals surface area contributed by atoms with Gasteiger partial charge in [-0.1, -0.05) is 13.3 Å². The quantitative estimate of drug-likeness (QED) is 0.899. The van der Waals surface area contributed by atoms with Crippen molar-refractivity contribution < 1.29 is 0 Å². The van der Waals surface area contributed by atoms with Crippen molar-refractivity contribution in [2.45, 2.75) is 71.4 Å². The van der Waals surface area contributed by atoms with Crippen LogP contribution in [0.5, 0.6) is 0 Å². The highest BCUT2D eigenvalue weighted by Crippen LogP contribution is 2.37. The molecule has 3 nitrogen and oxygen atoms in total. The normalized spacial score (nSPS) is 23.8. The number of rotatable bonds is 4. The van der Waals surface area contributed by atoms with Crippen molar-refractivity contribution in [2.24, 2.45) is 5.92 Å². The molecule has 1 aliphatic carbocycles. The van der Waals surface area contributed by atoms with Gasteiger partial charge in [0.05, 0.1) is 0 Å². The van der Waals surface area contributed by atoms with E-state index in [1.807, 2.05) is 12.4 Å². The molecule has 0 radical (unpaired) electrons. The van der Waals surface area contributed by atoms with Crippen LogP contribution in [0.3, 0.4) is 0 Å². The van der Waals surface area contributed by atoms with Gasteiger partial charge in [0, 0.05) is 36.0 Å². The summed E-state index contributed by atoms with van der Waals surface area (Å²) in [7, 11) is 0. The minimum atomic E-state index is 0.137. The molecule has 1 aliphatic rings. The monoisotopic (exact) mass is 261 g/mol. The van der Waals surface area contributed by atoms with Gasteiger partial charge in [0.25, 0.3) is 0 Å². The van der Waals surface area contributed by atoms with Crippen LogP contribution >= 0.6 is 0 Å². The van der Waals surface area contributed by atoms with Gasteiger partial charge in [-0.2, -0.15) is 0 Å². The van der Waals surface area contributed by atoms with Gasteiger partial charge < -0.3 is 5.32 Å². The summed E-state index contributed by atoms with van der Waals surface area (Å²) in [5.41, 5.74) is 1.31. The lowest BCUT2D eigenvalue weighted by molar-refractivity contribution is 0.423. The van der Waals surface area contributed by atoms with Gasteiger partial charge in [-0.05, 0) is 46.0 Å². The summed E-state index contributed by atoms with van der Waals surface area (Å²) in [4.78, 5) is 9.16. The summed E-state index contributed by atoms with van der Waals surface area (Å²) in [6, 6.07) is 0. The molecule has 0 spiro atoms. The predicted octanol–water partition coefficient (Wildman–Crippen LogP) is 3.66. The highest BCUT2D eigenvalue weighted by Gasteiger charge is 2.26. The molecule has 2 rings (SSSR count). The number of aromatic nitrogens is 2. The second-order valence-corrected chi connectivity index (χ2v) is 6.84. The van der Waals surface area contributed by atoms with Crippen LogP contribution in [0.4, 0.5) is 0 Å². The Balaban J connectivity index is 1.92. The molecule has 0 bridgehead atoms. The Labute approximate surface area is 117 Å². The molecular weight excluding hydrogens is 234 g/mol. The lowest BCUT2D eigenvalue weighted by Gasteiger charge is -2.20. The molecule has 0 aliphatic heterocycles. The van der Waals surface area contributed by atoms with E-state index in [9.17, 15) is 0 Å². The van der Waals surface area contributed by atoms with Crippen LogP contribution in [0.2, 0.25) is 0 Å². The standard InChI is InChI=1S/C16H27N3/c1-5-12-6-7-14(8-12)15-17-9-13(10-18-15)11-19-16(2,3)4/h9-10,12,14,19H,5-8,11H2,1-4H3. The third kappa shape index (κ3) is 4.27. The molecule has 0 saturated heterocycles. The van der Waals surface area contributed by atoms with Crippen molar-refractivity contribution >= 4 is 0 Å². The zero-order valence-electron chi connectivity index (χ0n) is 12.7. The van der Waals surface area contributed by atoms with Gasteiger partial charge in [0.1, 0.15) is 5.82 Å². The predicted molar refractivity (Wildman–Crippen MR) is 79.0 cm³/mol. The van der Waals surface area contributed by atoms with Crippen molar-refractivity contribution in [3.05, 3.63) is 23.8 Å². The Kier molecular flexibility index (Phi) is 4.56. The lowest BCUT2D eigenvalue weighted by Crippen LogP contribution is -2.35. The topological polar surface area (TPSA) is 37.8 Å². The summed E-state index contributed by atoms with van der Waals surface area (Å²) in [6.45, 7) is 9.64. The van der Waals surface area contributed by atoms with E-state index in [1.54, 1.807) is 0 Å². The first-order valence-corrected chi connectivity index (χ1v) is 7.54. The van der Waals surface area contributed by atoms with Crippen LogP contribution in [0.25, 0.3) is 0 Å². The highest BCUT2D eigenvalue weighted by atomic mass is 15.0. The largest absolute Gasteiger partial charge is 0.308 e. The Morgan fingerprint density at radius 2 is 1.89 bits per heavy atom. The van der Waals surface area contributed by atoms with Gasteiger partial charge in [-0.25, -0.2) is 9.97 Å². The van der Waals surface area contributed by atoms with Crippen molar-refractivity contribution in [1.29, 1.82) is 0 Å². The molecule has 2 unspecified atom stereocenters. The minimum Gasteiger partial charge on any atom is -0.308 e. The smallest absolute Gasteiger partial charge is 0.131 e. The fourth-order valence-corrected chi connectivity index (χ4v) is 2.71. The molecule has 19 heavy (non-hydrogen) atoms. The Bertz CT molecular complexity index is 391. The Morgan fingerprint density at radius 1 is 1.21 bits per heavy atom. The van der Waals surface area contributed by atoms with Crippen LogP contribution < -0.4 is 5.32 Å². The molecule has 1 aromatic heterocycles. The number of hydrogen-bond acceptors (Lipinski definition) is 3. The van der Waals surface area contributed by atoms with Crippen LogP contribution in [0.1, 0.15) is 70.7 Å². The third-order valence-electron chi connectivity index (χ3n) is 4.03. The van der Waals surface area contributed by atoms with E-state index >= 15 is 0 Å². The lowest BCUT2D eigenvalue weighted by atomic mass is 10.0. The molecule has 1 heterocycles. The van der Waals surface area contributed by atoms with Gasteiger partial charge in [-0.15, -0.1) is 0 Å². The van der Waals surface area contributed by atoms with Crippen molar-refractivity contribution in [2.75, 3.05) is 0 Å². The van der Waals surface area contributed by atoms with E-state index in [-0.39, 0.29) is 5.54 Å².